The molecule has 0 saturated carbocycles. The van der Waals surface area contributed by atoms with Crippen molar-refractivity contribution < 1.29 is 9.53 Å². The van der Waals surface area contributed by atoms with Crippen LogP contribution in [0.25, 0.3) is 6.08 Å². The molecule has 0 saturated heterocycles. The first kappa shape index (κ1) is 20.0. The molecule has 0 unspecified atom stereocenters. The zero-order chi connectivity index (χ0) is 21.3. The Kier molecular flexibility index (Phi) is 5.46. The van der Waals surface area contributed by atoms with Crippen molar-refractivity contribution >= 4 is 23.4 Å². The van der Waals surface area contributed by atoms with E-state index in [4.69, 9.17) is 4.74 Å². The Labute approximate surface area is 177 Å². The molecule has 1 aromatic carbocycles. The van der Waals surface area contributed by atoms with Crippen LogP contribution in [0.3, 0.4) is 0 Å². The lowest BCUT2D eigenvalue weighted by Crippen LogP contribution is -2.39. The van der Waals surface area contributed by atoms with Crippen LogP contribution in [0.4, 0.5) is 0 Å². The molecule has 30 heavy (non-hydrogen) atoms. The SMILES string of the molecule is CCOC(=O)C1=C(C)N=c2s/c(=C\c3ccncc3)c(=O)n2[C@H]1c1ccc(C)cc1. The predicted octanol–water partition coefficient (Wildman–Crippen LogP) is 2.50. The number of nitrogens with zero attached hydrogens (tertiary/aromatic N) is 3. The van der Waals surface area contributed by atoms with Gasteiger partial charge in [-0.3, -0.25) is 14.3 Å². The number of ether oxygens (including phenoxy) is 1. The number of fused-ring (bicyclic) bond motifs is 1. The first-order valence-electron chi connectivity index (χ1n) is 9.66. The van der Waals surface area contributed by atoms with Crippen molar-refractivity contribution in [1.29, 1.82) is 0 Å². The van der Waals surface area contributed by atoms with E-state index in [1.54, 1.807) is 30.8 Å². The van der Waals surface area contributed by atoms with Gasteiger partial charge in [0.05, 0.1) is 28.5 Å². The molecule has 152 valence electrons. The van der Waals surface area contributed by atoms with Gasteiger partial charge in [0.2, 0.25) is 0 Å². The van der Waals surface area contributed by atoms with Gasteiger partial charge in [-0.1, -0.05) is 41.2 Å². The third-order valence-corrected chi connectivity index (χ3v) is 5.90. The summed E-state index contributed by atoms with van der Waals surface area (Å²) < 4.78 is 7.45. The summed E-state index contributed by atoms with van der Waals surface area (Å²) in [7, 11) is 0. The number of hydrogen-bond acceptors (Lipinski definition) is 6. The van der Waals surface area contributed by atoms with E-state index < -0.39 is 12.0 Å². The van der Waals surface area contributed by atoms with Crippen LogP contribution >= 0.6 is 11.3 Å². The molecule has 0 spiro atoms. The van der Waals surface area contributed by atoms with Crippen molar-refractivity contribution in [2.24, 2.45) is 4.99 Å². The summed E-state index contributed by atoms with van der Waals surface area (Å²) in [5.74, 6) is -0.451. The zero-order valence-electron chi connectivity index (χ0n) is 17.0. The van der Waals surface area contributed by atoms with Gasteiger partial charge >= 0.3 is 5.97 Å². The number of esters is 1. The van der Waals surface area contributed by atoms with Crippen LogP contribution < -0.4 is 14.9 Å². The highest BCUT2D eigenvalue weighted by Gasteiger charge is 2.33. The molecular weight excluding hydrogens is 398 g/mol. The van der Waals surface area contributed by atoms with Gasteiger partial charge in [-0.15, -0.1) is 0 Å². The maximum Gasteiger partial charge on any atom is 0.338 e. The number of aryl methyl sites for hydroxylation is 1. The van der Waals surface area contributed by atoms with Crippen LogP contribution in [0.1, 0.15) is 36.6 Å². The van der Waals surface area contributed by atoms with E-state index in [2.05, 4.69) is 9.98 Å². The van der Waals surface area contributed by atoms with E-state index >= 15 is 0 Å². The highest BCUT2D eigenvalue weighted by molar-refractivity contribution is 7.07. The lowest BCUT2D eigenvalue weighted by atomic mass is 9.95. The molecule has 2 aromatic heterocycles. The maximum atomic E-state index is 13.4. The Morgan fingerprint density at radius 3 is 2.53 bits per heavy atom. The number of rotatable bonds is 4. The van der Waals surface area contributed by atoms with Crippen molar-refractivity contribution in [2.45, 2.75) is 26.8 Å². The summed E-state index contributed by atoms with van der Waals surface area (Å²) in [6, 6.07) is 10.9. The van der Waals surface area contributed by atoms with Crippen LogP contribution in [0, 0.1) is 6.92 Å². The quantitative estimate of drug-likeness (QED) is 0.609. The number of allylic oxidation sites excluding steroid dienone is 1. The van der Waals surface area contributed by atoms with Crippen LogP contribution in [0.15, 0.2) is 69.8 Å². The predicted molar refractivity (Wildman–Crippen MR) is 116 cm³/mol. The summed E-state index contributed by atoms with van der Waals surface area (Å²) in [6.07, 6.45) is 5.18. The number of carbonyl (C=O) groups is 1. The molecule has 0 N–H and O–H groups in total. The van der Waals surface area contributed by atoms with Gasteiger partial charge < -0.3 is 4.74 Å². The number of thiazole rings is 1. The standard InChI is InChI=1S/C23H21N3O3S/c1-4-29-22(28)19-15(3)25-23-26(20(19)17-7-5-14(2)6-8-17)21(27)18(30-23)13-16-9-11-24-12-10-16/h5-13,20H,4H2,1-3H3/b18-13-/t20-/m0/s1. The minimum Gasteiger partial charge on any atom is -0.463 e. The molecule has 6 nitrogen and oxygen atoms in total. The van der Waals surface area contributed by atoms with Crippen molar-refractivity contribution in [1.82, 2.24) is 9.55 Å². The highest BCUT2D eigenvalue weighted by Crippen LogP contribution is 2.30. The number of aromatic nitrogens is 2. The van der Waals surface area contributed by atoms with Gasteiger partial charge in [0.25, 0.3) is 5.56 Å². The number of pyridine rings is 1. The highest BCUT2D eigenvalue weighted by atomic mass is 32.1. The summed E-state index contributed by atoms with van der Waals surface area (Å²) in [6.45, 7) is 5.80. The molecule has 1 aliphatic heterocycles. The summed E-state index contributed by atoms with van der Waals surface area (Å²) in [5.41, 5.74) is 3.59. The second-order valence-corrected chi connectivity index (χ2v) is 8.00. The molecule has 1 aliphatic rings. The average Bonchev–Trinajstić information content (AvgIpc) is 3.03. The van der Waals surface area contributed by atoms with Crippen LogP contribution in [-0.4, -0.2) is 22.1 Å². The van der Waals surface area contributed by atoms with Crippen LogP contribution in [0.2, 0.25) is 0 Å². The van der Waals surface area contributed by atoms with E-state index in [1.807, 2.05) is 49.4 Å². The fourth-order valence-corrected chi connectivity index (χ4v) is 4.51. The van der Waals surface area contributed by atoms with E-state index in [0.717, 1.165) is 16.7 Å². The van der Waals surface area contributed by atoms with Gasteiger partial charge in [0.1, 0.15) is 0 Å². The van der Waals surface area contributed by atoms with Crippen LogP contribution in [-0.2, 0) is 9.53 Å². The Balaban J connectivity index is 1.96. The van der Waals surface area contributed by atoms with E-state index in [9.17, 15) is 9.59 Å². The largest absolute Gasteiger partial charge is 0.463 e. The van der Waals surface area contributed by atoms with Crippen molar-refractivity contribution in [3.63, 3.8) is 0 Å². The average molecular weight is 420 g/mol. The molecule has 0 amide bonds. The fourth-order valence-electron chi connectivity index (χ4n) is 3.47. The molecule has 3 aromatic rings. The van der Waals surface area contributed by atoms with Crippen molar-refractivity contribution in [2.75, 3.05) is 6.61 Å². The molecule has 0 aliphatic carbocycles. The molecule has 4 rings (SSSR count). The van der Waals surface area contributed by atoms with E-state index in [1.165, 1.54) is 11.3 Å². The second kappa shape index (κ2) is 8.20. The van der Waals surface area contributed by atoms with Crippen molar-refractivity contribution in [3.8, 4) is 0 Å². The normalized spacial score (nSPS) is 16.2. The number of hydrogen-bond donors (Lipinski definition) is 0. The van der Waals surface area contributed by atoms with Gasteiger partial charge in [-0.25, -0.2) is 9.79 Å². The Morgan fingerprint density at radius 2 is 1.87 bits per heavy atom. The van der Waals surface area contributed by atoms with Crippen LogP contribution in [0.5, 0.6) is 0 Å². The molecule has 0 fully saturated rings. The third-order valence-electron chi connectivity index (χ3n) is 4.91. The third kappa shape index (κ3) is 3.64. The van der Waals surface area contributed by atoms with Gasteiger partial charge in [0, 0.05) is 12.4 Å². The minimum absolute atomic E-state index is 0.185. The fraction of sp³-hybridized carbons (Fsp3) is 0.217. The first-order valence-corrected chi connectivity index (χ1v) is 10.5. The monoisotopic (exact) mass is 419 g/mol. The lowest BCUT2D eigenvalue weighted by Gasteiger charge is -2.24. The number of benzene rings is 1. The van der Waals surface area contributed by atoms with E-state index in [0.29, 0.717) is 20.6 Å². The molecule has 3 heterocycles. The molecular formula is C23H21N3O3S. The maximum absolute atomic E-state index is 13.4. The summed E-state index contributed by atoms with van der Waals surface area (Å²) in [4.78, 5) is 35.4. The van der Waals surface area contributed by atoms with Gasteiger partial charge in [-0.05, 0) is 50.1 Å². The van der Waals surface area contributed by atoms with Crippen molar-refractivity contribution in [3.05, 3.63) is 96.4 Å². The molecule has 0 bridgehead atoms. The number of carbonyl (C=O) groups excluding carboxylic acids is 1. The first-order chi connectivity index (χ1) is 14.5. The topological polar surface area (TPSA) is 73.6 Å². The smallest absolute Gasteiger partial charge is 0.338 e. The Bertz CT molecular complexity index is 1300. The second-order valence-electron chi connectivity index (χ2n) is 6.99. The lowest BCUT2D eigenvalue weighted by molar-refractivity contribution is -0.139. The van der Waals surface area contributed by atoms with E-state index in [-0.39, 0.29) is 12.2 Å². The summed E-state index contributed by atoms with van der Waals surface area (Å²) >= 11 is 1.31. The Morgan fingerprint density at radius 1 is 1.17 bits per heavy atom. The van der Waals surface area contributed by atoms with Gasteiger partial charge in [-0.2, -0.15) is 0 Å². The van der Waals surface area contributed by atoms with Gasteiger partial charge in [0.15, 0.2) is 4.80 Å². The molecule has 1 atom stereocenters. The molecule has 7 heteroatoms. The minimum atomic E-state index is -0.583. The molecule has 0 radical (unpaired) electrons. The summed E-state index contributed by atoms with van der Waals surface area (Å²) in [5, 5.41) is 0. The zero-order valence-corrected chi connectivity index (χ0v) is 17.8. The Hall–Kier alpha value is -3.32.